The lowest BCUT2D eigenvalue weighted by molar-refractivity contribution is -0.00000435. The van der Waals surface area contributed by atoms with Gasteiger partial charge in [0.15, 0.2) is 0 Å². The maximum absolute atomic E-state index is 5.81. The number of hydrogen-bond donors (Lipinski definition) is 1. The summed E-state index contributed by atoms with van der Waals surface area (Å²) in [6.07, 6.45) is 0. The second kappa shape index (κ2) is 6.73. The molecule has 0 bridgehead atoms. The molecule has 1 heterocycles. The second-order valence-corrected chi connectivity index (χ2v) is 4.48. The molecule has 2 aromatic rings. The van der Waals surface area contributed by atoms with E-state index in [0.717, 1.165) is 5.56 Å². The number of nitrogens with zero attached hydrogens (tertiary/aromatic N) is 2. The second-order valence-electron chi connectivity index (χ2n) is 4.04. The van der Waals surface area contributed by atoms with Crippen molar-refractivity contribution in [2.45, 2.75) is 26.4 Å². The molecule has 0 saturated carbocycles. The zero-order valence-electron chi connectivity index (χ0n) is 10.2. The van der Waals surface area contributed by atoms with Gasteiger partial charge in [-0.3, -0.25) is 0 Å². The number of benzene rings is 1. The van der Waals surface area contributed by atoms with Crippen molar-refractivity contribution in [2.75, 3.05) is 0 Å². The molecule has 0 unspecified atom stereocenters. The fourth-order valence-corrected chi connectivity index (χ4v) is 1.45. The van der Waals surface area contributed by atoms with Gasteiger partial charge in [-0.05, 0) is 24.3 Å². The number of aromatic nitrogens is 2. The molecular formula is C12H14Cl2N3O-. The van der Waals surface area contributed by atoms with Gasteiger partial charge in [0, 0.05) is 16.6 Å². The van der Waals surface area contributed by atoms with Gasteiger partial charge < -0.3 is 22.1 Å². The van der Waals surface area contributed by atoms with E-state index in [1.165, 1.54) is 0 Å². The first-order valence-electron chi connectivity index (χ1n) is 5.47. The van der Waals surface area contributed by atoms with Crippen LogP contribution in [0.25, 0.3) is 11.5 Å². The molecule has 4 nitrogen and oxygen atoms in total. The summed E-state index contributed by atoms with van der Waals surface area (Å²) < 4.78 is 5.53. The summed E-state index contributed by atoms with van der Waals surface area (Å²) in [4.78, 5) is 0. The third kappa shape index (κ3) is 3.98. The van der Waals surface area contributed by atoms with Gasteiger partial charge in [-0.2, -0.15) is 0 Å². The Hall–Kier alpha value is -1.10. The highest BCUT2D eigenvalue weighted by atomic mass is 35.5. The van der Waals surface area contributed by atoms with Crippen LogP contribution >= 0.6 is 11.6 Å². The average molecular weight is 287 g/mol. The Balaban J connectivity index is 0.00000162. The minimum atomic E-state index is 0. The predicted octanol–water partition coefficient (Wildman–Crippen LogP) is -0.108. The van der Waals surface area contributed by atoms with Crippen molar-refractivity contribution in [2.24, 2.45) is 0 Å². The van der Waals surface area contributed by atoms with Gasteiger partial charge in [-0.1, -0.05) is 25.4 Å². The highest BCUT2D eigenvalue weighted by molar-refractivity contribution is 6.30. The Morgan fingerprint density at radius 1 is 1.22 bits per heavy atom. The molecule has 0 aliphatic carbocycles. The Bertz CT molecular complexity index is 482. The predicted molar refractivity (Wildman–Crippen MR) is 66.7 cm³/mol. The van der Waals surface area contributed by atoms with Crippen molar-refractivity contribution in [3.8, 4) is 11.5 Å². The third-order valence-corrected chi connectivity index (χ3v) is 2.47. The molecule has 0 saturated heterocycles. The van der Waals surface area contributed by atoms with Crippen LogP contribution in [0.5, 0.6) is 0 Å². The average Bonchev–Trinajstić information content (AvgIpc) is 2.76. The Morgan fingerprint density at radius 2 is 1.89 bits per heavy atom. The van der Waals surface area contributed by atoms with E-state index in [9.17, 15) is 0 Å². The van der Waals surface area contributed by atoms with Gasteiger partial charge in [0.2, 0.25) is 11.8 Å². The SMILES string of the molecule is CC(C)NCc1nnc(-c2ccc(Cl)cc2)o1.[Cl-]. The molecular weight excluding hydrogens is 273 g/mol. The van der Waals surface area contributed by atoms with Gasteiger partial charge in [-0.15, -0.1) is 10.2 Å². The summed E-state index contributed by atoms with van der Waals surface area (Å²) >= 11 is 5.81. The Morgan fingerprint density at radius 3 is 2.50 bits per heavy atom. The highest BCUT2D eigenvalue weighted by Crippen LogP contribution is 2.20. The van der Waals surface area contributed by atoms with E-state index in [0.29, 0.717) is 29.4 Å². The standard InChI is InChI=1S/C12H14ClN3O.ClH/c1-8(2)14-7-11-15-16-12(17-11)9-3-5-10(13)6-4-9;/h3-6,8,14H,7H2,1-2H3;1H/p-1. The summed E-state index contributed by atoms with van der Waals surface area (Å²) in [5, 5.41) is 11.9. The molecule has 98 valence electrons. The van der Waals surface area contributed by atoms with Crippen molar-refractivity contribution in [3.05, 3.63) is 35.2 Å². The fraction of sp³-hybridized carbons (Fsp3) is 0.333. The minimum absolute atomic E-state index is 0. The summed E-state index contributed by atoms with van der Waals surface area (Å²) in [6, 6.07) is 7.70. The molecule has 0 fully saturated rings. The van der Waals surface area contributed by atoms with E-state index < -0.39 is 0 Å². The van der Waals surface area contributed by atoms with Crippen LogP contribution in [0.4, 0.5) is 0 Å². The monoisotopic (exact) mass is 286 g/mol. The van der Waals surface area contributed by atoms with Gasteiger partial charge in [0.1, 0.15) is 0 Å². The molecule has 6 heteroatoms. The number of rotatable bonds is 4. The summed E-state index contributed by atoms with van der Waals surface area (Å²) in [6.45, 7) is 4.71. The van der Waals surface area contributed by atoms with Crippen molar-refractivity contribution in [1.82, 2.24) is 15.5 Å². The van der Waals surface area contributed by atoms with Crippen LogP contribution in [0.2, 0.25) is 5.02 Å². The zero-order valence-corrected chi connectivity index (χ0v) is 11.7. The molecule has 0 amide bonds. The Kier molecular flexibility index (Phi) is 5.59. The number of nitrogens with one attached hydrogen (secondary N) is 1. The normalized spacial score (nSPS) is 10.4. The first-order chi connectivity index (χ1) is 8.15. The first-order valence-corrected chi connectivity index (χ1v) is 5.84. The third-order valence-electron chi connectivity index (χ3n) is 2.22. The fourth-order valence-electron chi connectivity index (χ4n) is 1.33. The van der Waals surface area contributed by atoms with Crippen LogP contribution in [-0.4, -0.2) is 16.2 Å². The van der Waals surface area contributed by atoms with E-state index in [1.807, 2.05) is 12.1 Å². The van der Waals surface area contributed by atoms with E-state index in [2.05, 4.69) is 29.4 Å². The first kappa shape index (κ1) is 15.0. The smallest absolute Gasteiger partial charge is 0.247 e. The van der Waals surface area contributed by atoms with E-state index in [-0.39, 0.29) is 12.4 Å². The van der Waals surface area contributed by atoms with Crippen LogP contribution in [0.15, 0.2) is 28.7 Å². The highest BCUT2D eigenvalue weighted by Gasteiger charge is 2.08. The molecule has 2 rings (SSSR count). The van der Waals surface area contributed by atoms with Crippen molar-refractivity contribution < 1.29 is 16.8 Å². The lowest BCUT2D eigenvalue weighted by Gasteiger charge is -2.03. The van der Waals surface area contributed by atoms with E-state index in [4.69, 9.17) is 16.0 Å². The van der Waals surface area contributed by atoms with E-state index >= 15 is 0 Å². The summed E-state index contributed by atoms with van der Waals surface area (Å²) in [5.74, 6) is 1.10. The van der Waals surface area contributed by atoms with Gasteiger partial charge in [0.25, 0.3) is 0 Å². The number of hydrogen-bond acceptors (Lipinski definition) is 4. The lowest BCUT2D eigenvalue weighted by Crippen LogP contribution is -3.00. The van der Waals surface area contributed by atoms with Crippen LogP contribution in [0, 0.1) is 0 Å². The van der Waals surface area contributed by atoms with Crippen LogP contribution < -0.4 is 17.7 Å². The van der Waals surface area contributed by atoms with E-state index in [1.54, 1.807) is 12.1 Å². The molecule has 1 aromatic carbocycles. The molecule has 1 N–H and O–H groups in total. The van der Waals surface area contributed by atoms with Crippen molar-refractivity contribution >= 4 is 11.6 Å². The molecule has 0 atom stereocenters. The molecule has 0 aliphatic heterocycles. The summed E-state index contributed by atoms with van der Waals surface area (Å²) in [7, 11) is 0. The van der Waals surface area contributed by atoms with Gasteiger partial charge >= 0.3 is 0 Å². The molecule has 0 spiro atoms. The molecule has 0 radical (unpaired) electrons. The zero-order chi connectivity index (χ0) is 12.3. The van der Waals surface area contributed by atoms with Crippen LogP contribution in [-0.2, 0) is 6.54 Å². The lowest BCUT2D eigenvalue weighted by atomic mass is 10.2. The number of halogens is 2. The summed E-state index contributed by atoms with van der Waals surface area (Å²) in [5.41, 5.74) is 0.873. The van der Waals surface area contributed by atoms with Gasteiger partial charge in [-0.25, -0.2) is 0 Å². The quantitative estimate of drug-likeness (QED) is 0.852. The van der Waals surface area contributed by atoms with Gasteiger partial charge in [0.05, 0.1) is 6.54 Å². The van der Waals surface area contributed by atoms with Crippen molar-refractivity contribution in [1.29, 1.82) is 0 Å². The maximum Gasteiger partial charge on any atom is 0.247 e. The molecule has 0 aliphatic rings. The van der Waals surface area contributed by atoms with Crippen molar-refractivity contribution in [3.63, 3.8) is 0 Å². The minimum Gasteiger partial charge on any atom is -1.00 e. The maximum atomic E-state index is 5.81. The van der Waals surface area contributed by atoms with Crippen LogP contribution in [0.3, 0.4) is 0 Å². The largest absolute Gasteiger partial charge is 1.00 e. The molecule has 18 heavy (non-hydrogen) atoms. The Labute approximate surface area is 117 Å². The molecule has 1 aromatic heterocycles. The van der Waals surface area contributed by atoms with Crippen LogP contribution in [0.1, 0.15) is 19.7 Å². The topological polar surface area (TPSA) is 51.0 Å².